The fourth-order valence-corrected chi connectivity index (χ4v) is 6.05. The number of aryl methyl sites for hydroxylation is 2. The highest BCUT2D eigenvalue weighted by Gasteiger charge is 2.25. The molecule has 2 aromatic carbocycles. The Kier molecular flexibility index (Phi) is 7.95. The van der Waals surface area contributed by atoms with Crippen LogP contribution in [-0.4, -0.2) is 59.2 Å². The first-order valence-corrected chi connectivity index (χ1v) is 14.4. The maximum Gasteiger partial charge on any atom is 0.253 e. The van der Waals surface area contributed by atoms with Gasteiger partial charge in [-0.2, -0.15) is 4.98 Å². The number of benzene rings is 2. The first kappa shape index (κ1) is 26.0. The van der Waals surface area contributed by atoms with Crippen molar-refractivity contribution >= 4 is 40.6 Å². The molecular formula is C30H35ClN6O2. The van der Waals surface area contributed by atoms with Gasteiger partial charge in [0.2, 0.25) is 5.95 Å². The molecule has 0 saturated carbocycles. The molecule has 39 heavy (non-hydrogen) atoms. The zero-order valence-corrected chi connectivity index (χ0v) is 22.8. The van der Waals surface area contributed by atoms with Crippen molar-refractivity contribution in [3.8, 4) is 0 Å². The molecule has 2 aliphatic heterocycles. The Hall–Kier alpha value is -3.20. The van der Waals surface area contributed by atoms with Crippen LogP contribution in [-0.2, 0) is 17.6 Å². The first-order chi connectivity index (χ1) is 19.1. The summed E-state index contributed by atoms with van der Waals surface area (Å²) >= 11 is 6.46. The van der Waals surface area contributed by atoms with Gasteiger partial charge in [-0.15, -0.1) is 0 Å². The third-order valence-corrected chi connectivity index (χ3v) is 8.32. The molecule has 2 fully saturated rings. The highest BCUT2D eigenvalue weighted by Crippen LogP contribution is 2.30. The molecule has 2 saturated heterocycles. The summed E-state index contributed by atoms with van der Waals surface area (Å²) in [4.78, 5) is 24.7. The molecule has 0 bridgehead atoms. The van der Waals surface area contributed by atoms with Crippen LogP contribution in [0.25, 0.3) is 0 Å². The molecule has 204 valence electrons. The van der Waals surface area contributed by atoms with Gasteiger partial charge in [-0.3, -0.25) is 4.79 Å². The van der Waals surface area contributed by atoms with Crippen LogP contribution < -0.4 is 16.0 Å². The zero-order valence-electron chi connectivity index (χ0n) is 22.1. The second kappa shape index (κ2) is 11.9. The van der Waals surface area contributed by atoms with E-state index in [0.29, 0.717) is 47.3 Å². The molecule has 3 aliphatic rings. The number of likely N-dealkylation sites (tertiary alicyclic amines) is 1. The van der Waals surface area contributed by atoms with Gasteiger partial charge in [0.1, 0.15) is 5.02 Å². The largest absolute Gasteiger partial charge is 0.379 e. The summed E-state index contributed by atoms with van der Waals surface area (Å²) in [5.41, 5.74) is 4.95. The highest BCUT2D eigenvalue weighted by atomic mass is 35.5. The van der Waals surface area contributed by atoms with Crippen LogP contribution >= 0.6 is 11.6 Å². The molecule has 8 nitrogen and oxygen atoms in total. The molecule has 9 heteroatoms. The summed E-state index contributed by atoms with van der Waals surface area (Å²) in [5.74, 6) is 0.714. The van der Waals surface area contributed by atoms with E-state index in [4.69, 9.17) is 16.3 Å². The van der Waals surface area contributed by atoms with Crippen molar-refractivity contribution in [1.82, 2.24) is 20.2 Å². The normalized spacial score (nSPS) is 21.3. The van der Waals surface area contributed by atoms with Crippen molar-refractivity contribution < 1.29 is 9.53 Å². The number of ether oxygens (including phenoxy) is 1. The third-order valence-electron chi connectivity index (χ3n) is 8.05. The summed E-state index contributed by atoms with van der Waals surface area (Å²) in [5, 5.41) is 10.0. The second-order valence-electron chi connectivity index (χ2n) is 10.7. The molecule has 0 spiro atoms. The molecule has 1 unspecified atom stereocenters. The van der Waals surface area contributed by atoms with Crippen LogP contribution in [0.15, 0.2) is 48.7 Å². The number of rotatable bonds is 7. The zero-order chi connectivity index (χ0) is 26.6. The number of carbonyl (C=O) groups is 1. The predicted octanol–water partition coefficient (Wildman–Crippen LogP) is 5.48. The monoisotopic (exact) mass is 546 g/mol. The molecule has 1 amide bonds. The molecule has 3 heterocycles. The number of halogens is 1. The summed E-state index contributed by atoms with van der Waals surface area (Å²) in [6, 6.07) is 14.6. The number of hydrogen-bond acceptors (Lipinski definition) is 7. The Balaban J connectivity index is 1.15. The van der Waals surface area contributed by atoms with E-state index in [1.54, 1.807) is 12.3 Å². The van der Waals surface area contributed by atoms with Gasteiger partial charge in [0.15, 0.2) is 5.82 Å². The van der Waals surface area contributed by atoms with Gasteiger partial charge < -0.3 is 25.6 Å². The van der Waals surface area contributed by atoms with Crippen LogP contribution in [0.2, 0.25) is 5.02 Å². The minimum atomic E-state index is -0.158. The summed E-state index contributed by atoms with van der Waals surface area (Å²) in [6.07, 6.45) is 9.73. The first-order valence-electron chi connectivity index (χ1n) is 14.0. The summed E-state index contributed by atoms with van der Waals surface area (Å²) < 4.78 is 5.39. The van der Waals surface area contributed by atoms with Crippen LogP contribution in [0.5, 0.6) is 0 Å². The number of amides is 1. The second-order valence-corrected chi connectivity index (χ2v) is 11.1. The molecular weight excluding hydrogens is 512 g/mol. The maximum absolute atomic E-state index is 13.0. The molecule has 3 N–H and O–H groups in total. The summed E-state index contributed by atoms with van der Waals surface area (Å²) in [7, 11) is 0. The molecule has 3 aromatic rings. The number of nitrogens with zero attached hydrogens (tertiary/aromatic N) is 3. The van der Waals surface area contributed by atoms with Gasteiger partial charge in [-0.1, -0.05) is 29.8 Å². The Labute approximate surface area is 234 Å². The molecule has 0 radical (unpaired) electrons. The lowest BCUT2D eigenvalue weighted by Crippen LogP contribution is -2.35. The van der Waals surface area contributed by atoms with E-state index in [9.17, 15) is 4.79 Å². The minimum absolute atomic E-state index is 0.0241. The number of anilines is 4. The molecule has 6 rings (SSSR count). The highest BCUT2D eigenvalue weighted by molar-refractivity contribution is 6.33. The Morgan fingerprint density at radius 1 is 1.00 bits per heavy atom. The number of hydrogen-bond donors (Lipinski definition) is 3. The van der Waals surface area contributed by atoms with Gasteiger partial charge >= 0.3 is 0 Å². The molecule has 2 atom stereocenters. The lowest BCUT2D eigenvalue weighted by Gasteiger charge is -2.25. The molecule has 1 aromatic heterocycles. The van der Waals surface area contributed by atoms with Crippen molar-refractivity contribution in [2.24, 2.45) is 0 Å². The van der Waals surface area contributed by atoms with Crippen LogP contribution in [0.4, 0.5) is 23.1 Å². The Bertz CT molecular complexity index is 1320. The Morgan fingerprint density at radius 3 is 2.64 bits per heavy atom. The van der Waals surface area contributed by atoms with Crippen molar-refractivity contribution in [1.29, 1.82) is 0 Å². The van der Waals surface area contributed by atoms with E-state index in [2.05, 4.69) is 49.0 Å². The van der Waals surface area contributed by atoms with E-state index in [-0.39, 0.29) is 11.9 Å². The third kappa shape index (κ3) is 6.19. The van der Waals surface area contributed by atoms with E-state index < -0.39 is 0 Å². The Morgan fingerprint density at radius 2 is 1.82 bits per heavy atom. The van der Waals surface area contributed by atoms with E-state index in [0.717, 1.165) is 24.9 Å². The number of para-hydroxylation sites is 1. The average molecular weight is 547 g/mol. The topological polar surface area (TPSA) is 91.4 Å². The van der Waals surface area contributed by atoms with Crippen LogP contribution in [0, 0.1) is 0 Å². The fraction of sp³-hybridized carbons (Fsp3) is 0.433. The number of carbonyl (C=O) groups excluding carboxylic acids is 1. The predicted molar refractivity (Wildman–Crippen MR) is 154 cm³/mol. The van der Waals surface area contributed by atoms with Crippen molar-refractivity contribution in [3.05, 3.63) is 70.4 Å². The van der Waals surface area contributed by atoms with E-state index in [1.807, 2.05) is 18.2 Å². The quantitative estimate of drug-likeness (QED) is 0.338. The van der Waals surface area contributed by atoms with Crippen LogP contribution in [0.1, 0.15) is 53.6 Å². The average Bonchev–Trinajstić information content (AvgIpc) is 3.63. The van der Waals surface area contributed by atoms with Crippen LogP contribution in [0.3, 0.4) is 0 Å². The van der Waals surface area contributed by atoms with Gasteiger partial charge in [-0.05, 0) is 93.4 Å². The fourth-order valence-electron chi connectivity index (χ4n) is 5.91. The lowest BCUT2D eigenvalue weighted by atomic mass is 10.0. The SMILES string of the molecule is O=C(NC1CCOC1)c1ccccc1Nc1nc(Nc2ccc3c(c2)CC[C@@H](N2CCCC2)CC3)ncc1Cl. The van der Waals surface area contributed by atoms with Gasteiger partial charge in [-0.25, -0.2) is 4.98 Å². The number of aromatic nitrogens is 2. The standard InChI is InChI=1S/C30H35ClN6O2/c31-26-18-32-30(34-22-10-7-20-8-11-24(12-9-21(20)17-22)37-14-3-4-15-37)36-28(26)35-27-6-2-1-5-25(27)29(38)33-23-13-16-39-19-23/h1-2,5-7,10,17-18,23-24H,3-4,8-9,11-16,19H2,(H,33,38)(H2,32,34,35,36)/t23?,24-/m0/s1. The van der Waals surface area contributed by atoms with E-state index in [1.165, 1.54) is 49.9 Å². The maximum atomic E-state index is 13.0. The van der Waals surface area contributed by atoms with E-state index >= 15 is 0 Å². The van der Waals surface area contributed by atoms with Gasteiger partial charge in [0.05, 0.1) is 30.1 Å². The van der Waals surface area contributed by atoms with Crippen molar-refractivity contribution in [2.75, 3.05) is 36.9 Å². The van der Waals surface area contributed by atoms with Crippen molar-refractivity contribution in [3.63, 3.8) is 0 Å². The smallest absolute Gasteiger partial charge is 0.253 e. The minimum Gasteiger partial charge on any atom is -0.379 e. The van der Waals surface area contributed by atoms with Crippen molar-refractivity contribution in [2.45, 2.75) is 57.0 Å². The summed E-state index contributed by atoms with van der Waals surface area (Å²) in [6.45, 7) is 3.71. The van der Waals surface area contributed by atoms with Gasteiger partial charge in [0.25, 0.3) is 5.91 Å². The number of nitrogens with one attached hydrogen (secondary N) is 3. The van der Waals surface area contributed by atoms with Gasteiger partial charge in [0, 0.05) is 18.3 Å². The lowest BCUT2D eigenvalue weighted by molar-refractivity contribution is 0.0930. The number of fused-ring (bicyclic) bond motifs is 1. The molecule has 1 aliphatic carbocycles.